The Bertz CT molecular complexity index is 456. The Kier molecular flexibility index (Phi) is 3.98. The highest BCUT2D eigenvalue weighted by Gasteiger charge is 2.35. The molecule has 0 saturated heterocycles. The first kappa shape index (κ1) is 14.5. The zero-order valence-electron chi connectivity index (χ0n) is 9.27. The summed E-state index contributed by atoms with van der Waals surface area (Å²) in [6, 6.07) is 3.00. The zero-order chi connectivity index (χ0) is 14.1. The molecule has 100 valence electrons. The molecule has 0 fully saturated rings. The van der Waals surface area contributed by atoms with Crippen molar-refractivity contribution in [1.82, 2.24) is 0 Å². The van der Waals surface area contributed by atoms with Crippen LogP contribution < -0.4 is 0 Å². The highest BCUT2D eigenvalue weighted by Crippen LogP contribution is 2.35. The van der Waals surface area contributed by atoms with Crippen molar-refractivity contribution in [3.8, 4) is 0 Å². The smallest absolute Gasteiger partial charge is 0.416 e. The van der Waals surface area contributed by atoms with Gasteiger partial charge in [0, 0.05) is 0 Å². The fourth-order valence-electron chi connectivity index (χ4n) is 1.59. The minimum Gasteiger partial charge on any atom is -0.479 e. The number of hydrogen-bond acceptors (Lipinski definition) is 3. The van der Waals surface area contributed by atoms with Gasteiger partial charge in [-0.2, -0.15) is 13.2 Å². The number of aliphatic carboxylic acids is 1. The first-order valence-corrected chi connectivity index (χ1v) is 4.92. The van der Waals surface area contributed by atoms with Crippen molar-refractivity contribution in [2.24, 2.45) is 0 Å². The van der Waals surface area contributed by atoms with Gasteiger partial charge in [0.25, 0.3) is 0 Å². The third kappa shape index (κ3) is 2.80. The van der Waals surface area contributed by atoms with Gasteiger partial charge in [0.15, 0.2) is 6.10 Å². The first-order chi connectivity index (χ1) is 8.16. The van der Waals surface area contributed by atoms with Crippen LogP contribution in [0.5, 0.6) is 0 Å². The number of hydrogen-bond donors (Lipinski definition) is 3. The highest BCUT2D eigenvalue weighted by atomic mass is 19.4. The maximum absolute atomic E-state index is 12.6. The van der Waals surface area contributed by atoms with Crippen LogP contribution in [0.2, 0.25) is 0 Å². The van der Waals surface area contributed by atoms with Crippen LogP contribution in [0.25, 0.3) is 0 Å². The molecule has 0 aliphatic heterocycles. The quantitative estimate of drug-likeness (QED) is 0.773. The number of aliphatic hydroxyl groups excluding tert-OH is 2. The van der Waals surface area contributed by atoms with Gasteiger partial charge in [-0.15, -0.1) is 0 Å². The van der Waals surface area contributed by atoms with E-state index >= 15 is 0 Å². The average Bonchev–Trinajstić information content (AvgIpc) is 2.25. The normalized spacial score (nSPS) is 15.2. The van der Waals surface area contributed by atoms with Gasteiger partial charge in [0.05, 0.1) is 5.56 Å². The molecule has 1 rings (SSSR count). The summed E-state index contributed by atoms with van der Waals surface area (Å²) >= 11 is 0. The van der Waals surface area contributed by atoms with Crippen molar-refractivity contribution in [2.75, 3.05) is 0 Å². The van der Waals surface area contributed by atoms with Crippen molar-refractivity contribution in [3.05, 3.63) is 34.9 Å². The molecular weight excluding hydrogens is 253 g/mol. The summed E-state index contributed by atoms with van der Waals surface area (Å²) in [7, 11) is 0. The summed E-state index contributed by atoms with van der Waals surface area (Å²) in [6.45, 7) is 1.11. The van der Waals surface area contributed by atoms with Gasteiger partial charge in [-0.1, -0.05) is 12.1 Å². The predicted octanol–water partition coefficient (Wildman–Crippen LogP) is 1.49. The second-order valence-corrected chi connectivity index (χ2v) is 3.75. The molecule has 0 spiro atoms. The van der Waals surface area contributed by atoms with E-state index in [0.717, 1.165) is 25.1 Å². The van der Waals surface area contributed by atoms with Crippen LogP contribution in [0.15, 0.2) is 18.2 Å². The van der Waals surface area contributed by atoms with E-state index < -0.39 is 29.9 Å². The minimum absolute atomic E-state index is 0.264. The second kappa shape index (κ2) is 4.95. The largest absolute Gasteiger partial charge is 0.479 e. The molecule has 1 aromatic carbocycles. The van der Waals surface area contributed by atoms with Crippen LogP contribution >= 0.6 is 0 Å². The summed E-state index contributed by atoms with van der Waals surface area (Å²) in [4.78, 5) is 10.5. The standard InChI is InChI=1S/C11H11F3O4/c1-5-6(8(15)9(16)10(17)18)3-2-4-7(5)11(12,13)14/h2-4,8-9,15-16H,1H3,(H,17,18). The molecule has 2 unspecified atom stereocenters. The number of carboxylic acids is 1. The fourth-order valence-corrected chi connectivity index (χ4v) is 1.59. The number of rotatable bonds is 3. The van der Waals surface area contributed by atoms with Crippen LogP contribution in [0.1, 0.15) is 22.8 Å². The Labute approximate surface area is 100 Å². The maximum Gasteiger partial charge on any atom is 0.416 e. The van der Waals surface area contributed by atoms with E-state index in [9.17, 15) is 23.1 Å². The summed E-state index contributed by atoms with van der Waals surface area (Å²) in [5.74, 6) is -1.71. The minimum atomic E-state index is -4.60. The summed E-state index contributed by atoms with van der Waals surface area (Å²) < 4.78 is 37.8. The Balaban J connectivity index is 3.23. The molecule has 4 nitrogen and oxygen atoms in total. The third-order valence-corrected chi connectivity index (χ3v) is 2.55. The Morgan fingerprint density at radius 3 is 2.28 bits per heavy atom. The highest BCUT2D eigenvalue weighted by molar-refractivity contribution is 5.73. The van der Waals surface area contributed by atoms with Crippen molar-refractivity contribution in [2.45, 2.75) is 25.3 Å². The number of halogens is 3. The summed E-state index contributed by atoms with van der Waals surface area (Å²) in [6.07, 6.45) is -8.69. The molecule has 1 aromatic rings. The van der Waals surface area contributed by atoms with E-state index in [1.165, 1.54) is 0 Å². The molecule has 3 N–H and O–H groups in total. The lowest BCUT2D eigenvalue weighted by Crippen LogP contribution is -2.28. The van der Waals surface area contributed by atoms with Gasteiger partial charge in [0.2, 0.25) is 0 Å². The first-order valence-electron chi connectivity index (χ1n) is 4.92. The molecule has 0 aromatic heterocycles. The molecule has 0 aliphatic rings. The van der Waals surface area contributed by atoms with Gasteiger partial charge >= 0.3 is 12.1 Å². The van der Waals surface area contributed by atoms with Gasteiger partial charge < -0.3 is 15.3 Å². The lowest BCUT2D eigenvalue weighted by atomic mass is 9.95. The summed E-state index contributed by atoms with van der Waals surface area (Å²) in [5.41, 5.74) is -1.55. The van der Waals surface area contributed by atoms with E-state index in [4.69, 9.17) is 10.2 Å². The number of carbonyl (C=O) groups is 1. The SMILES string of the molecule is Cc1c(C(O)C(O)C(=O)O)cccc1C(F)(F)F. The van der Waals surface area contributed by atoms with Gasteiger partial charge in [-0.3, -0.25) is 0 Å². The topological polar surface area (TPSA) is 77.8 Å². The molecule has 18 heavy (non-hydrogen) atoms. The lowest BCUT2D eigenvalue weighted by Gasteiger charge is -2.19. The van der Waals surface area contributed by atoms with Gasteiger partial charge in [-0.25, -0.2) is 4.79 Å². The zero-order valence-corrected chi connectivity index (χ0v) is 9.27. The van der Waals surface area contributed by atoms with E-state index in [1.807, 2.05) is 0 Å². The Morgan fingerprint density at radius 1 is 1.28 bits per heavy atom. The van der Waals surface area contributed by atoms with E-state index in [1.54, 1.807) is 0 Å². The maximum atomic E-state index is 12.6. The monoisotopic (exact) mass is 264 g/mol. The molecule has 0 radical (unpaired) electrons. The van der Waals surface area contributed by atoms with E-state index in [2.05, 4.69) is 0 Å². The van der Waals surface area contributed by atoms with Gasteiger partial charge in [-0.05, 0) is 24.1 Å². The van der Waals surface area contributed by atoms with E-state index in [-0.39, 0.29) is 11.1 Å². The molecule has 0 bridgehead atoms. The summed E-state index contributed by atoms with van der Waals surface area (Å²) in [5, 5.41) is 27.2. The van der Waals surface area contributed by atoms with Crippen molar-refractivity contribution in [3.63, 3.8) is 0 Å². The number of benzene rings is 1. The van der Waals surface area contributed by atoms with Gasteiger partial charge in [0.1, 0.15) is 6.10 Å². The van der Waals surface area contributed by atoms with Crippen LogP contribution in [0.4, 0.5) is 13.2 Å². The van der Waals surface area contributed by atoms with E-state index in [0.29, 0.717) is 0 Å². The molecule has 7 heteroatoms. The van der Waals surface area contributed by atoms with Crippen LogP contribution in [0.3, 0.4) is 0 Å². The Hall–Kier alpha value is -1.60. The van der Waals surface area contributed by atoms with Crippen LogP contribution in [-0.2, 0) is 11.0 Å². The molecule has 0 amide bonds. The molecule has 0 aliphatic carbocycles. The molecule has 0 heterocycles. The Morgan fingerprint density at radius 2 is 1.83 bits per heavy atom. The second-order valence-electron chi connectivity index (χ2n) is 3.75. The van der Waals surface area contributed by atoms with Crippen LogP contribution in [-0.4, -0.2) is 27.4 Å². The fraction of sp³-hybridized carbons (Fsp3) is 0.364. The number of aliphatic hydroxyl groups is 2. The lowest BCUT2D eigenvalue weighted by molar-refractivity contribution is -0.153. The average molecular weight is 264 g/mol. The number of alkyl halides is 3. The molecule has 0 saturated carbocycles. The van der Waals surface area contributed by atoms with Crippen molar-refractivity contribution >= 4 is 5.97 Å². The molecular formula is C11H11F3O4. The predicted molar refractivity (Wildman–Crippen MR) is 54.8 cm³/mol. The van der Waals surface area contributed by atoms with Crippen molar-refractivity contribution < 1.29 is 33.3 Å². The number of carboxylic acid groups (broad SMARTS) is 1. The van der Waals surface area contributed by atoms with Crippen LogP contribution in [0, 0.1) is 6.92 Å². The van der Waals surface area contributed by atoms with Crippen molar-refractivity contribution in [1.29, 1.82) is 0 Å². The molecule has 2 atom stereocenters. The third-order valence-electron chi connectivity index (χ3n) is 2.55.